The minimum absolute atomic E-state index is 0.184. The number of aromatic nitrogens is 4. The molecular formula is C12H17N5. The van der Waals surface area contributed by atoms with E-state index in [1.54, 1.807) is 17.1 Å². The van der Waals surface area contributed by atoms with Crippen LogP contribution in [-0.2, 0) is 13.6 Å². The van der Waals surface area contributed by atoms with Gasteiger partial charge >= 0.3 is 0 Å². The smallest absolute Gasteiger partial charge is 0.0782 e. The molecule has 0 bridgehead atoms. The minimum atomic E-state index is 0.184. The molecule has 0 spiro atoms. The molecule has 2 rings (SSSR count). The van der Waals surface area contributed by atoms with Gasteiger partial charge in [0.05, 0.1) is 17.6 Å². The van der Waals surface area contributed by atoms with Crippen LogP contribution in [0.4, 0.5) is 0 Å². The van der Waals surface area contributed by atoms with E-state index in [0.29, 0.717) is 0 Å². The summed E-state index contributed by atoms with van der Waals surface area (Å²) >= 11 is 0. The maximum atomic E-state index is 4.35. The molecule has 1 atom stereocenters. The summed E-state index contributed by atoms with van der Waals surface area (Å²) in [6, 6.07) is 0.184. The van der Waals surface area contributed by atoms with Crippen molar-refractivity contribution in [2.45, 2.75) is 26.4 Å². The molecule has 0 fully saturated rings. The largest absolute Gasteiger partial charge is 0.305 e. The van der Waals surface area contributed by atoms with Crippen LogP contribution in [0.3, 0.4) is 0 Å². The lowest BCUT2D eigenvalue weighted by Crippen LogP contribution is -2.20. The van der Waals surface area contributed by atoms with Gasteiger partial charge in [-0.05, 0) is 13.8 Å². The molecular weight excluding hydrogens is 214 g/mol. The lowest BCUT2D eigenvalue weighted by Gasteiger charge is -2.13. The molecule has 0 saturated carbocycles. The quantitative estimate of drug-likeness (QED) is 0.863. The van der Waals surface area contributed by atoms with E-state index in [1.807, 2.05) is 26.4 Å². The molecule has 0 aliphatic carbocycles. The Kier molecular flexibility index (Phi) is 3.49. The Balaban J connectivity index is 1.98. The van der Waals surface area contributed by atoms with Crippen molar-refractivity contribution in [2.24, 2.45) is 7.05 Å². The third-order valence-corrected chi connectivity index (χ3v) is 2.70. The Morgan fingerprint density at radius 3 is 2.76 bits per heavy atom. The molecule has 2 heterocycles. The van der Waals surface area contributed by atoms with Gasteiger partial charge in [0, 0.05) is 43.8 Å². The summed E-state index contributed by atoms with van der Waals surface area (Å²) in [5, 5.41) is 7.55. The van der Waals surface area contributed by atoms with E-state index in [0.717, 1.165) is 17.9 Å². The maximum Gasteiger partial charge on any atom is 0.0782 e. The number of hydrogen-bond acceptors (Lipinski definition) is 4. The monoisotopic (exact) mass is 231 g/mol. The highest BCUT2D eigenvalue weighted by Gasteiger charge is 2.09. The molecule has 2 aromatic heterocycles. The number of aryl methyl sites for hydroxylation is 2. The van der Waals surface area contributed by atoms with Gasteiger partial charge in [-0.25, -0.2) is 0 Å². The van der Waals surface area contributed by atoms with Crippen molar-refractivity contribution < 1.29 is 0 Å². The summed E-state index contributed by atoms with van der Waals surface area (Å²) < 4.78 is 1.80. The first-order chi connectivity index (χ1) is 8.16. The minimum Gasteiger partial charge on any atom is -0.305 e. The lowest BCUT2D eigenvalue weighted by atomic mass is 10.2. The fourth-order valence-electron chi connectivity index (χ4n) is 1.77. The van der Waals surface area contributed by atoms with Crippen molar-refractivity contribution in [3.05, 3.63) is 41.7 Å². The Morgan fingerprint density at radius 1 is 1.35 bits per heavy atom. The molecule has 17 heavy (non-hydrogen) atoms. The molecule has 0 aliphatic rings. The van der Waals surface area contributed by atoms with Crippen LogP contribution in [0.2, 0.25) is 0 Å². The van der Waals surface area contributed by atoms with E-state index >= 15 is 0 Å². The van der Waals surface area contributed by atoms with E-state index in [4.69, 9.17) is 0 Å². The maximum absolute atomic E-state index is 4.35. The number of hydrogen-bond donors (Lipinski definition) is 1. The summed E-state index contributed by atoms with van der Waals surface area (Å²) in [6.45, 7) is 4.85. The molecule has 1 N–H and O–H groups in total. The molecule has 2 aromatic rings. The van der Waals surface area contributed by atoms with E-state index in [9.17, 15) is 0 Å². The first kappa shape index (κ1) is 11.7. The van der Waals surface area contributed by atoms with Crippen molar-refractivity contribution in [1.82, 2.24) is 25.1 Å². The fourth-order valence-corrected chi connectivity index (χ4v) is 1.77. The SMILES string of the molecule is Cc1nccnc1C(C)NCc1cnn(C)c1. The van der Waals surface area contributed by atoms with Crippen molar-refractivity contribution in [1.29, 1.82) is 0 Å². The first-order valence-corrected chi connectivity index (χ1v) is 5.65. The molecule has 0 saturated heterocycles. The van der Waals surface area contributed by atoms with E-state index in [-0.39, 0.29) is 6.04 Å². The molecule has 0 aromatic carbocycles. The normalized spacial score (nSPS) is 12.6. The molecule has 0 radical (unpaired) electrons. The Bertz CT molecular complexity index is 491. The first-order valence-electron chi connectivity index (χ1n) is 5.65. The summed E-state index contributed by atoms with van der Waals surface area (Å²) in [7, 11) is 1.92. The van der Waals surface area contributed by atoms with Gasteiger partial charge in [0.2, 0.25) is 0 Å². The van der Waals surface area contributed by atoms with Gasteiger partial charge < -0.3 is 5.32 Å². The fraction of sp³-hybridized carbons (Fsp3) is 0.417. The predicted molar refractivity (Wildman–Crippen MR) is 65.2 cm³/mol. The lowest BCUT2D eigenvalue weighted by molar-refractivity contribution is 0.555. The topological polar surface area (TPSA) is 55.6 Å². The zero-order valence-electron chi connectivity index (χ0n) is 10.4. The van der Waals surface area contributed by atoms with Crippen LogP contribution in [0.25, 0.3) is 0 Å². The highest BCUT2D eigenvalue weighted by molar-refractivity contribution is 5.13. The van der Waals surface area contributed by atoms with E-state index in [1.165, 1.54) is 5.56 Å². The zero-order valence-corrected chi connectivity index (χ0v) is 10.4. The third kappa shape index (κ3) is 2.88. The van der Waals surface area contributed by atoms with Crippen LogP contribution in [0.5, 0.6) is 0 Å². The average Bonchev–Trinajstić information content (AvgIpc) is 2.73. The van der Waals surface area contributed by atoms with E-state index < -0.39 is 0 Å². The van der Waals surface area contributed by atoms with Crippen LogP contribution in [0.1, 0.15) is 29.9 Å². The summed E-state index contributed by atoms with van der Waals surface area (Å²) in [6.07, 6.45) is 7.31. The van der Waals surface area contributed by atoms with Gasteiger partial charge in [-0.3, -0.25) is 14.6 Å². The Labute approximate surface area is 101 Å². The molecule has 1 unspecified atom stereocenters. The number of rotatable bonds is 4. The van der Waals surface area contributed by atoms with Crippen LogP contribution in [0.15, 0.2) is 24.8 Å². The van der Waals surface area contributed by atoms with Crippen LogP contribution >= 0.6 is 0 Å². The molecule has 5 heteroatoms. The average molecular weight is 231 g/mol. The Morgan fingerprint density at radius 2 is 2.12 bits per heavy atom. The number of nitrogens with zero attached hydrogens (tertiary/aromatic N) is 4. The van der Waals surface area contributed by atoms with Gasteiger partial charge in [0.15, 0.2) is 0 Å². The third-order valence-electron chi connectivity index (χ3n) is 2.70. The van der Waals surface area contributed by atoms with Crippen molar-refractivity contribution in [3.63, 3.8) is 0 Å². The van der Waals surface area contributed by atoms with E-state index in [2.05, 4.69) is 27.3 Å². The van der Waals surface area contributed by atoms with Crippen LogP contribution < -0.4 is 5.32 Å². The molecule has 90 valence electrons. The molecule has 5 nitrogen and oxygen atoms in total. The molecule has 0 aliphatic heterocycles. The second kappa shape index (κ2) is 5.05. The van der Waals surface area contributed by atoms with Gasteiger partial charge in [-0.1, -0.05) is 0 Å². The van der Waals surface area contributed by atoms with Crippen LogP contribution in [-0.4, -0.2) is 19.7 Å². The predicted octanol–water partition coefficient (Wildman–Crippen LogP) is 1.37. The number of nitrogens with one attached hydrogen (secondary N) is 1. The summed E-state index contributed by atoms with van der Waals surface area (Å²) in [4.78, 5) is 8.59. The second-order valence-electron chi connectivity index (χ2n) is 4.15. The van der Waals surface area contributed by atoms with Crippen LogP contribution in [0, 0.1) is 6.92 Å². The van der Waals surface area contributed by atoms with Gasteiger partial charge in [-0.15, -0.1) is 0 Å². The standard InChI is InChI=1S/C12H17N5/c1-9-12(14-5-4-13-9)10(2)15-6-11-7-16-17(3)8-11/h4-5,7-8,10,15H,6H2,1-3H3. The summed E-state index contributed by atoms with van der Waals surface area (Å²) in [5.74, 6) is 0. The summed E-state index contributed by atoms with van der Waals surface area (Å²) in [5.41, 5.74) is 3.14. The highest BCUT2D eigenvalue weighted by Crippen LogP contribution is 2.12. The van der Waals surface area contributed by atoms with Crippen molar-refractivity contribution in [3.8, 4) is 0 Å². The van der Waals surface area contributed by atoms with Gasteiger partial charge in [0.25, 0.3) is 0 Å². The van der Waals surface area contributed by atoms with Gasteiger partial charge in [-0.2, -0.15) is 5.10 Å². The molecule has 0 amide bonds. The highest BCUT2D eigenvalue weighted by atomic mass is 15.2. The van der Waals surface area contributed by atoms with Gasteiger partial charge in [0.1, 0.15) is 0 Å². The van der Waals surface area contributed by atoms with Crippen molar-refractivity contribution >= 4 is 0 Å². The zero-order chi connectivity index (χ0) is 12.3. The van der Waals surface area contributed by atoms with Crippen molar-refractivity contribution in [2.75, 3.05) is 0 Å². The Hall–Kier alpha value is -1.75. The second-order valence-corrected chi connectivity index (χ2v) is 4.15.